The Kier molecular flexibility index (Phi) is 10.8. The van der Waals surface area contributed by atoms with Gasteiger partial charge in [0.05, 0.1) is 40.6 Å². The summed E-state index contributed by atoms with van der Waals surface area (Å²) in [5.74, 6) is -1.80. The first kappa shape index (κ1) is 33.4. The molecule has 15 nitrogen and oxygen atoms in total. The molecule has 0 aliphatic heterocycles. The lowest BCUT2D eigenvalue weighted by molar-refractivity contribution is 0.0690. The van der Waals surface area contributed by atoms with Crippen LogP contribution < -0.4 is 28.4 Å². The summed E-state index contributed by atoms with van der Waals surface area (Å²) >= 11 is 3.39. The van der Waals surface area contributed by atoms with Crippen molar-refractivity contribution in [3.63, 3.8) is 0 Å². The van der Waals surface area contributed by atoms with Crippen molar-refractivity contribution in [3.05, 3.63) is 69.7 Å². The number of carbonyl (C=O) groups is 1. The Bertz CT molecular complexity index is 1670. The van der Waals surface area contributed by atoms with E-state index < -0.39 is 24.8 Å². The van der Waals surface area contributed by atoms with E-state index in [1.54, 1.807) is 24.3 Å². The molecule has 0 saturated heterocycles. The summed E-state index contributed by atoms with van der Waals surface area (Å²) in [6, 6.07) is 11.7. The van der Waals surface area contributed by atoms with Gasteiger partial charge < -0.3 is 42.6 Å². The molecule has 0 aliphatic carbocycles. The fraction of sp³-hybridized carbons (Fsp3) is 0.250. The lowest BCUT2D eigenvalue weighted by atomic mass is 9.99. The minimum absolute atomic E-state index is 0.0588. The highest BCUT2D eigenvalue weighted by atomic mass is 79.9. The summed E-state index contributed by atoms with van der Waals surface area (Å²) in [7, 11) is 3.89. The molecule has 0 radical (unpaired) electrons. The maximum absolute atomic E-state index is 14.1. The van der Waals surface area contributed by atoms with Crippen molar-refractivity contribution in [2.45, 2.75) is 5.66 Å². The van der Waals surface area contributed by atoms with Crippen molar-refractivity contribution in [2.75, 3.05) is 42.7 Å². The summed E-state index contributed by atoms with van der Waals surface area (Å²) in [5, 5.41) is 10.6. The second-order valence-corrected chi connectivity index (χ2v) is 11.9. The van der Waals surface area contributed by atoms with Gasteiger partial charge in [0.25, 0.3) is 0 Å². The van der Waals surface area contributed by atoms with Crippen molar-refractivity contribution in [3.8, 4) is 47.0 Å². The molecule has 1 N–H and O–H groups in total. The molecule has 238 valence electrons. The van der Waals surface area contributed by atoms with Gasteiger partial charge in [-0.3, -0.25) is 4.57 Å². The van der Waals surface area contributed by atoms with E-state index in [9.17, 15) is 14.5 Å². The number of hydrogen-bond donors (Lipinski definition) is 1. The molecule has 0 spiro atoms. The standard InChI is InChI=1S/C28H28BrN4O11P/c1-37-19-13-20(38-2)31-27(30-19)43-18-12-11-17(25(45(36,41-5)42-6)15-7-9-16(29)10-8-15)24(23(18)26(34)35)44-28-32-21(39-3)14-22(33-28)40-4/h7-14,25H,1-6H3,(H,34,35). The quantitative estimate of drug-likeness (QED) is 0.152. The van der Waals surface area contributed by atoms with Crippen LogP contribution in [0.4, 0.5) is 0 Å². The number of aromatic carboxylic acids is 1. The zero-order chi connectivity index (χ0) is 32.7. The Morgan fingerprint density at radius 1 is 0.733 bits per heavy atom. The zero-order valence-electron chi connectivity index (χ0n) is 24.8. The summed E-state index contributed by atoms with van der Waals surface area (Å²) in [6.45, 7) is 0. The van der Waals surface area contributed by atoms with Crippen LogP contribution in [0.1, 0.15) is 27.1 Å². The molecule has 0 aliphatic rings. The van der Waals surface area contributed by atoms with E-state index in [2.05, 4.69) is 35.9 Å². The minimum Gasteiger partial charge on any atom is -0.481 e. The molecule has 0 amide bonds. The van der Waals surface area contributed by atoms with E-state index in [-0.39, 0.29) is 52.6 Å². The van der Waals surface area contributed by atoms with Crippen molar-refractivity contribution in [1.29, 1.82) is 0 Å². The number of nitrogens with zero attached hydrogens (tertiary/aromatic N) is 4. The Hall–Kier alpha value is -4.50. The molecule has 4 rings (SSSR count). The second kappa shape index (κ2) is 14.5. The number of aromatic nitrogens is 4. The minimum atomic E-state index is -4.04. The molecule has 2 aromatic carbocycles. The number of rotatable bonds is 14. The molecule has 17 heteroatoms. The maximum atomic E-state index is 14.1. The molecule has 2 heterocycles. The van der Waals surface area contributed by atoms with Crippen LogP contribution in [0.2, 0.25) is 0 Å². The first-order chi connectivity index (χ1) is 21.6. The van der Waals surface area contributed by atoms with Crippen LogP contribution in [0.3, 0.4) is 0 Å². The van der Waals surface area contributed by atoms with Gasteiger partial charge >= 0.3 is 25.6 Å². The number of ether oxygens (including phenoxy) is 6. The van der Waals surface area contributed by atoms with Crippen molar-refractivity contribution >= 4 is 29.5 Å². The van der Waals surface area contributed by atoms with Gasteiger partial charge in [-0.1, -0.05) is 34.1 Å². The van der Waals surface area contributed by atoms with Gasteiger partial charge in [-0.05, 0) is 23.8 Å². The molecule has 1 atom stereocenters. The molecule has 0 fully saturated rings. The normalized spacial score (nSPS) is 11.8. The summed E-state index contributed by atoms with van der Waals surface area (Å²) < 4.78 is 58.4. The number of benzene rings is 2. The molecule has 2 aromatic heterocycles. The van der Waals surface area contributed by atoms with Crippen molar-refractivity contribution < 1.29 is 51.9 Å². The highest BCUT2D eigenvalue weighted by Crippen LogP contribution is 2.64. The molecule has 4 aromatic rings. The molecule has 45 heavy (non-hydrogen) atoms. The van der Waals surface area contributed by atoms with E-state index in [0.29, 0.717) is 5.56 Å². The van der Waals surface area contributed by atoms with Crippen LogP contribution >= 0.6 is 23.5 Å². The number of halogens is 1. The van der Waals surface area contributed by atoms with E-state index in [0.717, 1.165) is 4.47 Å². The average Bonchev–Trinajstić information content (AvgIpc) is 3.05. The zero-order valence-corrected chi connectivity index (χ0v) is 27.3. The van der Waals surface area contributed by atoms with Crippen LogP contribution in [0.5, 0.6) is 47.0 Å². The number of hydrogen-bond acceptors (Lipinski definition) is 14. The molecule has 1 unspecified atom stereocenters. The first-order valence-electron chi connectivity index (χ1n) is 12.8. The van der Waals surface area contributed by atoms with Gasteiger partial charge in [0.2, 0.25) is 23.5 Å². The van der Waals surface area contributed by atoms with Crippen LogP contribution in [-0.2, 0) is 13.6 Å². The smallest absolute Gasteiger partial charge is 0.343 e. The monoisotopic (exact) mass is 706 g/mol. The van der Waals surface area contributed by atoms with Gasteiger partial charge in [-0.25, -0.2) is 4.79 Å². The lowest BCUT2D eigenvalue weighted by Gasteiger charge is -2.27. The summed E-state index contributed by atoms with van der Waals surface area (Å²) in [5.41, 5.74) is -1.21. The first-order valence-corrected chi connectivity index (χ1v) is 15.2. The second-order valence-electron chi connectivity index (χ2n) is 8.70. The molecular weight excluding hydrogens is 679 g/mol. The fourth-order valence-electron chi connectivity index (χ4n) is 4.12. The Morgan fingerprint density at radius 2 is 1.20 bits per heavy atom. The number of methoxy groups -OCH3 is 4. The molecule has 0 bridgehead atoms. The van der Waals surface area contributed by atoms with E-state index in [4.69, 9.17) is 37.5 Å². The Morgan fingerprint density at radius 3 is 1.62 bits per heavy atom. The van der Waals surface area contributed by atoms with Crippen LogP contribution in [0, 0.1) is 0 Å². The van der Waals surface area contributed by atoms with Crippen LogP contribution in [0.15, 0.2) is 53.0 Å². The molecular formula is C28H28BrN4O11P. The van der Waals surface area contributed by atoms with Crippen LogP contribution in [-0.4, -0.2) is 73.7 Å². The number of carboxylic acids is 1. The third-order valence-corrected chi connectivity index (χ3v) is 8.97. The van der Waals surface area contributed by atoms with E-state index >= 15 is 0 Å². The van der Waals surface area contributed by atoms with Gasteiger partial charge in [-0.15, -0.1) is 0 Å². The van der Waals surface area contributed by atoms with Crippen LogP contribution in [0.25, 0.3) is 0 Å². The van der Waals surface area contributed by atoms with Gasteiger partial charge in [0.15, 0.2) is 5.75 Å². The third-order valence-electron chi connectivity index (χ3n) is 6.22. The van der Waals surface area contributed by atoms with Gasteiger partial charge in [0.1, 0.15) is 17.0 Å². The van der Waals surface area contributed by atoms with E-state index in [1.807, 2.05) is 0 Å². The SMILES string of the molecule is COc1cc(OC)nc(Oc2ccc(C(c3ccc(Br)cc3)P(=O)(OC)OC)c(Oc3nc(OC)cc(OC)n3)c2C(=O)O)n1. The predicted octanol–water partition coefficient (Wildman–Crippen LogP) is 5.92. The Labute approximate surface area is 266 Å². The summed E-state index contributed by atoms with van der Waals surface area (Å²) in [4.78, 5) is 29.6. The van der Waals surface area contributed by atoms with Gasteiger partial charge in [-0.2, -0.15) is 19.9 Å². The molecule has 0 saturated carbocycles. The van der Waals surface area contributed by atoms with E-state index in [1.165, 1.54) is 66.9 Å². The number of carboxylic acid groups (broad SMARTS) is 1. The average molecular weight is 707 g/mol. The van der Waals surface area contributed by atoms with Gasteiger partial charge in [0, 0.05) is 24.3 Å². The highest BCUT2D eigenvalue weighted by molar-refractivity contribution is 9.10. The predicted molar refractivity (Wildman–Crippen MR) is 161 cm³/mol. The maximum Gasteiger partial charge on any atom is 0.343 e. The summed E-state index contributed by atoms with van der Waals surface area (Å²) in [6.07, 6.45) is 0. The highest BCUT2D eigenvalue weighted by Gasteiger charge is 2.41. The Balaban J connectivity index is 2.03. The third kappa shape index (κ3) is 7.42. The van der Waals surface area contributed by atoms with Crippen molar-refractivity contribution in [2.24, 2.45) is 0 Å². The largest absolute Gasteiger partial charge is 0.481 e. The van der Waals surface area contributed by atoms with Crippen molar-refractivity contribution in [1.82, 2.24) is 19.9 Å². The lowest BCUT2D eigenvalue weighted by Crippen LogP contribution is -2.12. The topological polar surface area (TPSA) is 180 Å². The fourth-order valence-corrected chi connectivity index (χ4v) is 6.04.